The van der Waals surface area contributed by atoms with Crippen molar-refractivity contribution in [1.29, 1.82) is 0 Å². The van der Waals surface area contributed by atoms with Gasteiger partial charge in [0.2, 0.25) is 0 Å². The molecule has 0 saturated heterocycles. The Balaban J connectivity index is 1.82. The molecule has 0 spiro atoms. The Morgan fingerprint density at radius 2 is 1.91 bits per heavy atom. The van der Waals surface area contributed by atoms with Crippen LogP contribution in [0.4, 0.5) is 5.82 Å². The minimum absolute atomic E-state index is 0.189. The molecule has 120 valence electrons. The van der Waals surface area contributed by atoms with E-state index in [4.69, 9.17) is 23.8 Å². The average molecular weight is 346 g/mol. The molecule has 1 aromatic heterocycles. The maximum atomic E-state index is 6.45. The van der Waals surface area contributed by atoms with Crippen LogP contribution < -0.4 is 10.6 Å². The van der Waals surface area contributed by atoms with Gasteiger partial charge in [0, 0.05) is 11.2 Å². The molecule has 5 heteroatoms. The van der Waals surface area contributed by atoms with E-state index in [0.717, 1.165) is 34.8 Å². The number of pyridine rings is 1. The molecule has 0 atom stereocenters. The van der Waals surface area contributed by atoms with Crippen molar-refractivity contribution in [2.24, 2.45) is 0 Å². The van der Waals surface area contributed by atoms with E-state index in [0.29, 0.717) is 5.11 Å². The van der Waals surface area contributed by atoms with Crippen molar-refractivity contribution < 1.29 is 0 Å². The topological polar surface area (TPSA) is 37.0 Å². The molecule has 0 aliphatic heterocycles. The highest BCUT2D eigenvalue weighted by atomic mass is 35.5. The summed E-state index contributed by atoms with van der Waals surface area (Å²) in [6.07, 6.45) is 6.16. The van der Waals surface area contributed by atoms with Gasteiger partial charge in [-0.3, -0.25) is 0 Å². The zero-order chi connectivity index (χ0) is 16.3. The molecule has 2 aromatic rings. The number of hydrogen-bond acceptors (Lipinski definition) is 2. The predicted octanol–water partition coefficient (Wildman–Crippen LogP) is 4.80. The predicted molar refractivity (Wildman–Crippen MR) is 99.9 cm³/mol. The maximum absolute atomic E-state index is 6.45. The molecule has 0 amide bonds. The Morgan fingerprint density at radius 1 is 1.17 bits per heavy atom. The van der Waals surface area contributed by atoms with Crippen LogP contribution >= 0.6 is 23.8 Å². The van der Waals surface area contributed by atoms with Crippen molar-refractivity contribution in [1.82, 2.24) is 10.3 Å². The summed E-state index contributed by atoms with van der Waals surface area (Å²) in [4.78, 5) is 4.34. The molecule has 0 radical (unpaired) electrons. The van der Waals surface area contributed by atoms with E-state index in [2.05, 4.69) is 21.7 Å². The standard InChI is InChI=1S/C18H20ClN3S/c1-13-7-6-12-20-16(13)21-17(23)22-18(10-4-5-11-18)14-8-2-3-9-15(14)19/h2-3,6-9,12H,4-5,10-11H2,1H3,(H2,20,21,22,23). The Labute approximate surface area is 147 Å². The van der Waals surface area contributed by atoms with Crippen LogP contribution in [0, 0.1) is 6.92 Å². The molecule has 0 unspecified atom stereocenters. The fourth-order valence-electron chi connectivity index (χ4n) is 3.26. The highest BCUT2D eigenvalue weighted by Crippen LogP contribution is 2.41. The van der Waals surface area contributed by atoms with Crippen LogP contribution in [-0.2, 0) is 5.54 Å². The second-order valence-electron chi connectivity index (χ2n) is 6.02. The van der Waals surface area contributed by atoms with E-state index in [1.54, 1.807) is 6.20 Å². The van der Waals surface area contributed by atoms with E-state index in [1.165, 1.54) is 12.8 Å². The normalized spacial score (nSPS) is 16.1. The average Bonchev–Trinajstić information content (AvgIpc) is 2.99. The summed E-state index contributed by atoms with van der Waals surface area (Å²) in [6, 6.07) is 12.0. The summed E-state index contributed by atoms with van der Waals surface area (Å²) in [6.45, 7) is 2.01. The van der Waals surface area contributed by atoms with Gasteiger partial charge < -0.3 is 10.6 Å². The Kier molecular flexibility index (Phi) is 4.83. The highest BCUT2D eigenvalue weighted by molar-refractivity contribution is 7.80. The van der Waals surface area contributed by atoms with E-state index in [-0.39, 0.29) is 5.54 Å². The van der Waals surface area contributed by atoms with Crippen LogP contribution in [0.15, 0.2) is 42.6 Å². The first-order chi connectivity index (χ1) is 11.1. The van der Waals surface area contributed by atoms with Gasteiger partial charge in [-0.1, -0.05) is 48.7 Å². The van der Waals surface area contributed by atoms with Crippen molar-refractivity contribution >= 4 is 34.7 Å². The first-order valence-corrected chi connectivity index (χ1v) is 8.65. The number of halogens is 1. The molecule has 1 aliphatic carbocycles. The molecule has 3 nitrogen and oxygen atoms in total. The van der Waals surface area contributed by atoms with Crippen molar-refractivity contribution in [3.63, 3.8) is 0 Å². The third-order valence-corrected chi connectivity index (χ3v) is 4.97. The lowest BCUT2D eigenvalue weighted by atomic mass is 9.88. The number of anilines is 1. The van der Waals surface area contributed by atoms with Gasteiger partial charge in [0.05, 0.1) is 5.54 Å². The van der Waals surface area contributed by atoms with Gasteiger partial charge in [0.25, 0.3) is 0 Å². The first kappa shape index (κ1) is 16.2. The maximum Gasteiger partial charge on any atom is 0.172 e. The minimum Gasteiger partial charge on any atom is -0.353 e. The number of benzene rings is 1. The van der Waals surface area contributed by atoms with Gasteiger partial charge in [0.1, 0.15) is 5.82 Å². The molecule has 3 rings (SSSR count). The van der Waals surface area contributed by atoms with Crippen LogP contribution in [0.2, 0.25) is 5.02 Å². The number of nitrogens with one attached hydrogen (secondary N) is 2. The number of rotatable bonds is 3. The lowest BCUT2D eigenvalue weighted by Crippen LogP contribution is -2.46. The van der Waals surface area contributed by atoms with Crippen LogP contribution in [-0.4, -0.2) is 10.1 Å². The monoisotopic (exact) mass is 345 g/mol. The third-order valence-electron chi connectivity index (χ3n) is 4.44. The Hall–Kier alpha value is -1.65. The van der Waals surface area contributed by atoms with Crippen LogP contribution in [0.25, 0.3) is 0 Å². The summed E-state index contributed by atoms with van der Waals surface area (Å²) in [5.74, 6) is 0.789. The fraction of sp³-hybridized carbons (Fsp3) is 0.333. The molecule has 0 bridgehead atoms. The summed E-state index contributed by atoms with van der Waals surface area (Å²) in [5, 5.41) is 8.12. The number of nitrogens with zero attached hydrogens (tertiary/aromatic N) is 1. The van der Waals surface area contributed by atoms with Gasteiger partial charge >= 0.3 is 0 Å². The van der Waals surface area contributed by atoms with Gasteiger partial charge in [-0.05, 0) is 55.2 Å². The molecule has 1 aliphatic rings. The Bertz CT molecular complexity index is 711. The third kappa shape index (κ3) is 3.48. The van der Waals surface area contributed by atoms with Gasteiger partial charge in [0.15, 0.2) is 5.11 Å². The SMILES string of the molecule is Cc1cccnc1NC(=S)NC1(c2ccccc2Cl)CCCC1. The van der Waals surface area contributed by atoms with Crippen LogP contribution in [0.5, 0.6) is 0 Å². The first-order valence-electron chi connectivity index (χ1n) is 7.86. The fourth-order valence-corrected chi connectivity index (χ4v) is 3.87. The molecular formula is C18H20ClN3S. The second kappa shape index (κ2) is 6.85. The number of thiocarbonyl (C=S) groups is 1. The smallest absolute Gasteiger partial charge is 0.172 e. The number of aromatic nitrogens is 1. The zero-order valence-corrected chi connectivity index (χ0v) is 14.7. The molecule has 1 heterocycles. The van der Waals surface area contributed by atoms with Crippen molar-refractivity contribution in [3.05, 3.63) is 58.7 Å². The molecule has 1 fully saturated rings. The zero-order valence-electron chi connectivity index (χ0n) is 13.1. The quantitative estimate of drug-likeness (QED) is 0.783. The Morgan fingerprint density at radius 3 is 2.61 bits per heavy atom. The lowest BCUT2D eigenvalue weighted by Gasteiger charge is -2.33. The lowest BCUT2D eigenvalue weighted by molar-refractivity contribution is 0.408. The highest BCUT2D eigenvalue weighted by Gasteiger charge is 2.37. The molecule has 23 heavy (non-hydrogen) atoms. The van der Waals surface area contributed by atoms with Gasteiger partial charge in [-0.25, -0.2) is 4.98 Å². The van der Waals surface area contributed by atoms with Crippen LogP contribution in [0.1, 0.15) is 36.8 Å². The summed E-state index contributed by atoms with van der Waals surface area (Å²) in [7, 11) is 0. The second-order valence-corrected chi connectivity index (χ2v) is 6.83. The molecule has 1 saturated carbocycles. The summed E-state index contributed by atoms with van der Waals surface area (Å²) in [5.41, 5.74) is 2.00. The van der Waals surface area contributed by atoms with Gasteiger partial charge in [-0.2, -0.15) is 0 Å². The van der Waals surface area contributed by atoms with E-state index >= 15 is 0 Å². The number of hydrogen-bond donors (Lipinski definition) is 2. The molecule has 2 N–H and O–H groups in total. The van der Waals surface area contributed by atoms with Gasteiger partial charge in [-0.15, -0.1) is 0 Å². The summed E-state index contributed by atoms with van der Waals surface area (Å²) < 4.78 is 0. The number of aryl methyl sites for hydroxylation is 1. The largest absolute Gasteiger partial charge is 0.353 e. The van der Waals surface area contributed by atoms with Crippen molar-refractivity contribution in [3.8, 4) is 0 Å². The summed E-state index contributed by atoms with van der Waals surface area (Å²) >= 11 is 12.0. The van der Waals surface area contributed by atoms with Crippen LogP contribution in [0.3, 0.4) is 0 Å². The van der Waals surface area contributed by atoms with E-state index in [1.807, 2.05) is 37.3 Å². The van der Waals surface area contributed by atoms with Crippen molar-refractivity contribution in [2.45, 2.75) is 38.1 Å². The minimum atomic E-state index is -0.189. The van der Waals surface area contributed by atoms with E-state index in [9.17, 15) is 0 Å². The van der Waals surface area contributed by atoms with Crippen molar-refractivity contribution in [2.75, 3.05) is 5.32 Å². The molecular weight excluding hydrogens is 326 g/mol. The molecule has 1 aromatic carbocycles. The van der Waals surface area contributed by atoms with E-state index < -0.39 is 0 Å².